The predicted octanol–water partition coefficient (Wildman–Crippen LogP) is 2.15. The topological polar surface area (TPSA) is 43.8 Å². The van der Waals surface area contributed by atoms with Crippen molar-refractivity contribution < 1.29 is 9.90 Å². The number of piperidine rings is 1. The average molecular weight is 334 g/mol. The number of aliphatic hydroxyl groups is 1. The van der Waals surface area contributed by atoms with Gasteiger partial charge >= 0.3 is 0 Å². The van der Waals surface area contributed by atoms with Crippen molar-refractivity contribution in [2.24, 2.45) is 0 Å². The van der Waals surface area contributed by atoms with Crippen LogP contribution in [-0.4, -0.2) is 64.6 Å². The maximum absolute atomic E-state index is 13.2. The van der Waals surface area contributed by atoms with Crippen LogP contribution in [0.5, 0.6) is 0 Å². The highest BCUT2D eigenvalue weighted by Crippen LogP contribution is 2.29. The number of carbonyl (C=O) groups excluding carboxylic acids is 1. The lowest BCUT2D eigenvalue weighted by molar-refractivity contribution is -0.138. The number of likely N-dealkylation sites (tertiary alicyclic amines) is 1. The fraction of sp³-hybridized carbons (Fsp3) is 0.611. The molecule has 0 aromatic heterocycles. The quantitative estimate of drug-likeness (QED) is 0.916. The third kappa shape index (κ3) is 3.90. The van der Waals surface area contributed by atoms with E-state index in [0.29, 0.717) is 6.04 Å². The molecule has 23 heavy (non-hydrogen) atoms. The molecule has 1 N–H and O–H groups in total. The second-order valence-corrected chi connectivity index (χ2v) is 7.70. The molecule has 0 aliphatic carbocycles. The summed E-state index contributed by atoms with van der Waals surface area (Å²) in [6.45, 7) is 1.56. The Kier molecular flexibility index (Phi) is 5.62. The van der Waals surface area contributed by atoms with Gasteiger partial charge in [-0.1, -0.05) is 30.3 Å². The van der Waals surface area contributed by atoms with Gasteiger partial charge in [0.05, 0.1) is 6.10 Å². The van der Waals surface area contributed by atoms with Crippen molar-refractivity contribution in [1.29, 1.82) is 0 Å². The molecular weight excluding hydrogens is 308 g/mol. The van der Waals surface area contributed by atoms with Gasteiger partial charge in [0, 0.05) is 31.9 Å². The van der Waals surface area contributed by atoms with Crippen molar-refractivity contribution in [1.82, 2.24) is 9.80 Å². The Morgan fingerprint density at radius 3 is 2.57 bits per heavy atom. The zero-order valence-corrected chi connectivity index (χ0v) is 14.5. The van der Waals surface area contributed by atoms with Gasteiger partial charge < -0.3 is 10.0 Å². The Labute approximate surface area is 142 Å². The Hall–Kier alpha value is -1.04. The molecule has 2 heterocycles. The number of benzene rings is 1. The molecule has 0 bridgehead atoms. The normalized spacial score (nSPS) is 24.5. The lowest BCUT2D eigenvalue weighted by Gasteiger charge is -2.38. The SMILES string of the molecule is CN(C(=O)[C@@H](c1ccccc1)N1CCC(O)CC1)[C@H]1CCSC1. The minimum absolute atomic E-state index is 0.195. The molecule has 2 aliphatic heterocycles. The largest absolute Gasteiger partial charge is 0.393 e. The molecule has 5 heteroatoms. The Bertz CT molecular complexity index is 511. The van der Waals surface area contributed by atoms with Crippen LogP contribution in [0.2, 0.25) is 0 Å². The van der Waals surface area contributed by atoms with Gasteiger partial charge in [0.2, 0.25) is 5.91 Å². The van der Waals surface area contributed by atoms with Crippen molar-refractivity contribution in [3.8, 4) is 0 Å². The van der Waals surface area contributed by atoms with E-state index in [2.05, 4.69) is 4.90 Å². The third-order valence-corrected chi connectivity index (χ3v) is 6.16. The number of amides is 1. The fourth-order valence-electron chi connectivity index (χ4n) is 3.49. The molecule has 3 rings (SSSR count). The summed E-state index contributed by atoms with van der Waals surface area (Å²) in [5, 5.41) is 9.77. The first-order valence-corrected chi connectivity index (χ1v) is 9.64. The van der Waals surface area contributed by atoms with E-state index < -0.39 is 0 Å². The summed E-state index contributed by atoms with van der Waals surface area (Å²) in [4.78, 5) is 17.4. The van der Waals surface area contributed by atoms with E-state index in [4.69, 9.17) is 0 Å². The first-order chi connectivity index (χ1) is 11.2. The summed E-state index contributed by atoms with van der Waals surface area (Å²) >= 11 is 1.93. The summed E-state index contributed by atoms with van der Waals surface area (Å²) < 4.78 is 0. The number of likely N-dealkylation sites (N-methyl/N-ethyl adjacent to an activating group) is 1. The van der Waals surface area contributed by atoms with Gasteiger partial charge in [0.1, 0.15) is 6.04 Å². The van der Waals surface area contributed by atoms with Crippen LogP contribution in [0.15, 0.2) is 30.3 Å². The number of hydrogen-bond acceptors (Lipinski definition) is 4. The minimum atomic E-state index is -0.223. The second kappa shape index (κ2) is 7.69. The molecule has 2 atom stereocenters. The van der Waals surface area contributed by atoms with Crippen molar-refractivity contribution in [2.45, 2.75) is 37.5 Å². The highest BCUT2D eigenvalue weighted by atomic mass is 32.2. The molecule has 1 amide bonds. The van der Waals surface area contributed by atoms with Gasteiger partial charge in [0.25, 0.3) is 0 Å². The van der Waals surface area contributed by atoms with Gasteiger partial charge in [-0.25, -0.2) is 0 Å². The highest BCUT2D eigenvalue weighted by Gasteiger charge is 2.35. The lowest BCUT2D eigenvalue weighted by atomic mass is 9.99. The zero-order valence-electron chi connectivity index (χ0n) is 13.7. The molecule has 4 nitrogen and oxygen atoms in total. The van der Waals surface area contributed by atoms with Crippen LogP contribution in [0.1, 0.15) is 30.9 Å². The molecule has 2 aliphatic rings. The second-order valence-electron chi connectivity index (χ2n) is 6.55. The summed E-state index contributed by atoms with van der Waals surface area (Å²) in [6.07, 6.45) is 2.37. The van der Waals surface area contributed by atoms with Crippen molar-refractivity contribution in [3.05, 3.63) is 35.9 Å². The maximum atomic E-state index is 13.2. The van der Waals surface area contributed by atoms with E-state index in [1.807, 2.05) is 54.0 Å². The van der Waals surface area contributed by atoms with E-state index >= 15 is 0 Å². The van der Waals surface area contributed by atoms with Crippen LogP contribution in [0.25, 0.3) is 0 Å². The first kappa shape index (κ1) is 16.8. The zero-order chi connectivity index (χ0) is 16.2. The van der Waals surface area contributed by atoms with Crippen LogP contribution < -0.4 is 0 Å². The van der Waals surface area contributed by atoms with Crippen molar-refractivity contribution in [2.75, 3.05) is 31.6 Å². The molecule has 0 radical (unpaired) electrons. The van der Waals surface area contributed by atoms with E-state index in [0.717, 1.165) is 49.4 Å². The number of hydrogen-bond donors (Lipinski definition) is 1. The van der Waals surface area contributed by atoms with Crippen LogP contribution in [-0.2, 0) is 4.79 Å². The highest BCUT2D eigenvalue weighted by molar-refractivity contribution is 7.99. The van der Waals surface area contributed by atoms with Crippen LogP contribution in [0, 0.1) is 0 Å². The molecule has 126 valence electrons. The lowest BCUT2D eigenvalue weighted by Crippen LogP contribution is -2.48. The Morgan fingerprint density at radius 1 is 1.26 bits per heavy atom. The van der Waals surface area contributed by atoms with Crippen molar-refractivity contribution >= 4 is 17.7 Å². The summed E-state index contributed by atoms with van der Waals surface area (Å²) in [5.74, 6) is 2.39. The van der Waals surface area contributed by atoms with Gasteiger partial charge in [-0.05, 0) is 30.6 Å². The monoisotopic (exact) mass is 334 g/mol. The minimum Gasteiger partial charge on any atom is -0.393 e. The van der Waals surface area contributed by atoms with Crippen molar-refractivity contribution in [3.63, 3.8) is 0 Å². The standard InChI is InChI=1S/C18H26N2O2S/c1-19(15-9-12-23-13-15)18(22)17(14-5-3-2-4-6-14)20-10-7-16(21)8-11-20/h2-6,15-17,21H,7-13H2,1H3/t15-,17+/m0/s1. The van der Waals surface area contributed by atoms with Crippen LogP contribution >= 0.6 is 11.8 Å². The maximum Gasteiger partial charge on any atom is 0.244 e. The Morgan fingerprint density at radius 2 is 1.96 bits per heavy atom. The molecule has 1 aromatic carbocycles. The van der Waals surface area contributed by atoms with Crippen LogP contribution in [0.3, 0.4) is 0 Å². The number of nitrogens with zero attached hydrogens (tertiary/aromatic N) is 2. The Balaban J connectivity index is 1.81. The van der Waals surface area contributed by atoms with Gasteiger partial charge in [0.15, 0.2) is 0 Å². The van der Waals surface area contributed by atoms with E-state index in [1.54, 1.807) is 0 Å². The number of thioether (sulfide) groups is 1. The summed E-state index contributed by atoms with van der Waals surface area (Å²) in [5.41, 5.74) is 1.06. The molecule has 2 fully saturated rings. The molecule has 2 saturated heterocycles. The number of rotatable bonds is 4. The predicted molar refractivity (Wildman–Crippen MR) is 94.5 cm³/mol. The molecule has 0 spiro atoms. The van der Waals surface area contributed by atoms with Gasteiger partial charge in [-0.3, -0.25) is 9.69 Å². The third-order valence-electron chi connectivity index (χ3n) is 5.01. The molecule has 0 unspecified atom stereocenters. The summed E-state index contributed by atoms with van der Waals surface area (Å²) in [7, 11) is 1.95. The van der Waals surface area contributed by atoms with Gasteiger partial charge in [-0.15, -0.1) is 0 Å². The molecule has 1 aromatic rings. The van der Waals surface area contributed by atoms with E-state index in [9.17, 15) is 9.90 Å². The van der Waals surface area contributed by atoms with E-state index in [-0.39, 0.29) is 18.1 Å². The molecular formula is C18H26N2O2S. The molecule has 0 saturated carbocycles. The number of carbonyl (C=O) groups is 1. The van der Waals surface area contributed by atoms with Gasteiger partial charge in [-0.2, -0.15) is 11.8 Å². The fourth-order valence-corrected chi connectivity index (χ4v) is 4.76. The summed E-state index contributed by atoms with van der Waals surface area (Å²) in [6, 6.07) is 10.2. The van der Waals surface area contributed by atoms with E-state index in [1.165, 1.54) is 0 Å². The number of aliphatic hydroxyl groups excluding tert-OH is 1. The first-order valence-electron chi connectivity index (χ1n) is 8.48. The average Bonchev–Trinajstić information content (AvgIpc) is 3.11. The van der Waals surface area contributed by atoms with Crippen LogP contribution in [0.4, 0.5) is 0 Å². The smallest absolute Gasteiger partial charge is 0.244 e.